The Balaban J connectivity index is 2.54. The molecule has 0 saturated carbocycles. The first-order valence-electron chi connectivity index (χ1n) is 5.92. The summed E-state index contributed by atoms with van der Waals surface area (Å²) in [6.45, 7) is 6.54. The van der Waals surface area contributed by atoms with Crippen LogP contribution in [0.15, 0.2) is 18.2 Å². The molecule has 0 aliphatic heterocycles. The number of rotatable bonds is 6. The Bertz CT molecular complexity index is 405. The molecule has 1 aromatic rings. The van der Waals surface area contributed by atoms with E-state index in [1.165, 1.54) is 5.56 Å². The molecule has 0 fully saturated rings. The smallest absolute Gasteiger partial charge is 0.329 e. The summed E-state index contributed by atoms with van der Waals surface area (Å²) in [6.07, 6.45) is 0.148. The first kappa shape index (κ1) is 14.5. The molecule has 5 nitrogen and oxygen atoms in total. The van der Waals surface area contributed by atoms with Crippen molar-refractivity contribution >= 4 is 5.97 Å². The zero-order valence-corrected chi connectivity index (χ0v) is 11.0. The molecule has 0 aromatic heterocycles. The van der Waals surface area contributed by atoms with Crippen molar-refractivity contribution < 1.29 is 14.4 Å². The number of carbonyl (C=O) groups is 1. The minimum atomic E-state index is -0.450. The summed E-state index contributed by atoms with van der Waals surface area (Å²) in [6, 6.07) is 6.06. The molecule has 0 aliphatic rings. The highest BCUT2D eigenvalue weighted by Crippen LogP contribution is 2.22. The Kier molecular flexibility index (Phi) is 5.61. The Labute approximate surface area is 107 Å². The van der Waals surface area contributed by atoms with Gasteiger partial charge in [-0.25, -0.2) is 5.84 Å². The third kappa shape index (κ3) is 4.73. The third-order valence-electron chi connectivity index (χ3n) is 2.49. The maximum atomic E-state index is 11.0. The second-order valence-electron chi connectivity index (χ2n) is 4.42. The molecule has 0 bridgehead atoms. The van der Waals surface area contributed by atoms with Crippen LogP contribution in [0.3, 0.4) is 0 Å². The number of nitrogens with one attached hydrogen (secondary N) is 1. The van der Waals surface area contributed by atoms with Gasteiger partial charge >= 0.3 is 5.97 Å². The molecule has 3 N–H and O–H groups in total. The molecule has 5 heteroatoms. The van der Waals surface area contributed by atoms with Gasteiger partial charge in [-0.15, -0.1) is 0 Å². The number of carbonyl (C=O) groups excluding carboxylic acids is 1. The minimum absolute atomic E-state index is 0.148. The van der Waals surface area contributed by atoms with Gasteiger partial charge in [0.15, 0.2) is 0 Å². The standard InChI is InChI=1S/C13H20N2O3/c1-9(2)11-6-10(3)7-12(8-11)17-5-4-13(16)18-15-14/h6-9,15H,4-5,14H2,1-3H3. The molecule has 0 heterocycles. The lowest BCUT2D eigenvalue weighted by Gasteiger charge is -2.11. The molecule has 0 atom stereocenters. The van der Waals surface area contributed by atoms with Crippen LogP contribution < -0.4 is 16.2 Å². The van der Waals surface area contributed by atoms with Crippen LogP contribution in [0, 0.1) is 6.92 Å². The van der Waals surface area contributed by atoms with E-state index in [1.54, 1.807) is 0 Å². The first-order chi connectivity index (χ1) is 8.52. The fourth-order valence-corrected chi connectivity index (χ4v) is 1.56. The van der Waals surface area contributed by atoms with Crippen molar-refractivity contribution in [2.45, 2.75) is 33.1 Å². The number of hydrazine groups is 1. The summed E-state index contributed by atoms with van der Waals surface area (Å²) in [7, 11) is 0. The van der Waals surface area contributed by atoms with Crippen molar-refractivity contribution in [1.29, 1.82) is 0 Å². The number of aryl methyl sites for hydroxylation is 1. The van der Waals surface area contributed by atoms with Gasteiger partial charge < -0.3 is 9.57 Å². The predicted octanol–water partition coefficient (Wildman–Crippen LogP) is 1.81. The van der Waals surface area contributed by atoms with Gasteiger partial charge in [0.1, 0.15) is 5.75 Å². The number of nitrogens with two attached hydrogens (primary N) is 1. The van der Waals surface area contributed by atoms with Crippen LogP contribution in [0.2, 0.25) is 0 Å². The molecule has 0 saturated heterocycles. The average molecular weight is 252 g/mol. The maximum absolute atomic E-state index is 11.0. The Hall–Kier alpha value is -1.59. The van der Waals surface area contributed by atoms with E-state index >= 15 is 0 Å². The molecule has 0 aliphatic carbocycles. The molecule has 18 heavy (non-hydrogen) atoms. The van der Waals surface area contributed by atoms with Crippen LogP contribution in [-0.4, -0.2) is 12.6 Å². The number of hydrogen-bond donors (Lipinski definition) is 2. The van der Waals surface area contributed by atoms with Crippen molar-refractivity contribution in [3.63, 3.8) is 0 Å². The highest BCUT2D eigenvalue weighted by Gasteiger charge is 2.06. The second kappa shape index (κ2) is 6.98. The number of hydrogen-bond acceptors (Lipinski definition) is 5. The topological polar surface area (TPSA) is 73.6 Å². The van der Waals surface area contributed by atoms with E-state index in [2.05, 4.69) is 24.8 Å². The molecular formula is C13H20N2O3. The molecule has 0 unspecified atom stereocenters. The lowest BCUT2D eigenvalue weighted by atomic mass is 10.0. The van der Waals surface area contributed by atoms with Crippen molar-refractivity contribution in [3.8, 4) is 5.75 Å². The fourth-order valence-electron chi connectivity index (χ4n) is 1.56. The molecule has 100 valence electrons. The summed E-state index contributed by atoms with van der Waals surface area (Å²) in [5, 5.41) is 0. The highest BCUT2D eigenvalue weighted by atomic mass is 16.7. The van der Waals surface area contributed by atoms with E-state index in [9.17, 15) is 4.79 Å². The van der Waals surface area contributed by atoms with Crippen molar-refractivity contribution in [2.24, 2.45) is 5.84 Å². The minimum Gasteiger partial charge on any atom is -0.493 e. The van der Waals surface area contributed by atoms with Crippen LogP contribution >= 0.6 is 0 Å². The average Bonchev–Trinajstić information content (AvgIpc) is 2.28. The number of benzene rings is 1. The van der Waals surface area contributed by atoms with E-state index in [0.717, 1.165) is 11.3 Å². The summed E-state index contributed by atoms with van der Waals surface area (Å²) in [4.78, 5) is 15.4. The Morgan fingerprint density at radius 3 is 2.72 bits per heavy atom. The van der Waals surface area contributed by atoms with Crippen LogP contribution in [-0.2, 0) is 9.63 Å². The van der Waals surface area contributed by atoms with Gasteiger partial charge in [0.2, 0.25) is 0 Å². The van der Waals surface area contributed by atoms with Gasteiger partial charge in [-0.1, -0.05) is 25.5 Å². The summed E-state index contributed by atoms with van der Waals surface area (Å²) >= 11 is 0. The third-order valence-corrected chi connectivity index (χ3v) is 2.49. The zero-order chi connectivity index (χ0) is 13.5. The van der Waals surface area contributed by atoms with Gasteiger partial charge in [-0.05, 0) is 36.1 Å². The summed E-state index contributed by atoms with van der Waals surface area (Å²) in [5.74, 6) is 5.62. The normalized spacial score (nSPS) is 10.5. The van der Waals surface area contributed by atoms with E-state index in [1.807, 2.05) is 24.6 Å². The second-order valence-corrected chi connectivity index (χ2v) is 4.42. The van der Waals surface area contributed by atoms with Crippen LogP contribution in [0.1, 0.15) is 37.3 Å². The van der Waals surface area contributed by atoms with Crippen LogP contribution in [0.5, 0.6) is 5.75 Å². The van der Waals surface area contributed by atoms with E-state index < -0.39 is 5.97 Å². The van der Waals surface area contributed by atoms with Gasteiger partial charge in [-0.2, -0.15) is 0 Å². The molecule has 0 radical (unpaired) electrons. The van der Waals surface area contributed by atoms with Crippen molar-refractivity contribution in [1.82, 2.24) is 5.59 Å². The van der Waals surface area contributed by atoms with E-state index in [-0.39, 0.29) is 13.0 Å². The van der Waals surface area contributed by atoms with Gasteiger partial charge in [0.05, 0.1) is 13.0 Å². The van der Waals surface area contributed by atoms with E-state index in [0.29, 0.717) is 5.92 Å². The quantitative estimate of drug-likeness (QED) is 0.596. The van der Waals surface area contributed by atoms with Crippen molar-refractivity contribution in [2.75, 3.05) is 6.61 Å². The van der Waals surface area contributed by atoms with Gasteiger partial charge in [-0.3, -0.25) is 4.79 Å². The lowest BCUT2D eigenvalue weighted by molar-refractivity contribution is -0.151. The van der Waals surface area contributed by atoms with Gasteiger partial charge in [0, 0.05) is 0 Å². The summed E-state index contributed by atoms with van der Waals surface area (Å²) in [5.41, 5.74) is 4.20. The lowest BCUT2D eigenvalue weighted by Crippen LogP contribution is -2.26. The van der Waals surface area contributed by atoms with Crippen LogP contribution in [0.25, 0.3) is 0 Å². The van der Waals surface area contributed by atoms with Crippen LogP contribution in [0.4, 0.5) is 0 Å². The monoisotopic (exact) mass is 252 g/mol. The fraction of sp³-hybridized carbons (Fsp3) is 0.462. The summed E-state index contributed by atoms with van der Waals surface area (Å²) < 4.78 is 5.53. The largest absolute Gasteiger partial charge is 0.493 e. The molecular weight excluding hydrogens is 232 g/mol. The molecule has 0 amide bonds. The molecule has 1 aromatic carbocycles. The Morgan fingerprint density at radius 2 is 2.11 bits per heavy atom. The molecule has 1 rings (SSSR count). The van der Waals surface area contributed by atoms with Crippen molar-refractivity contribution in [3.05, 3.63) is 29.3 Å². The van der Waals surface area contributed by atoms with E-state index in [4.69, 9.17) is 10.6 Å². The number of ether oxygens (including phenoxy) is 1. The molecule has 0 spiro atoms. The maximum Gasteiger partial charge on any atom is 0.329 e. The SMILES string of the molecule is Cc1cc(OCCC(=O)ONN)cc(C(C)C)c1. The zero-order valence-electron chi connectivity index (χ0n) is 11.0. The first-order valence-corrected chi connectivity index (χ1v) is 5.92. The van der Waals surface area contributed by atoms with Gasteiger partial charge in [0.25, 0.3) is 0 Å². The Morgan fingerprint density at radius 1 is 1.39 bits per heavy atom. The predicted molar refractivity (Wildman–Crippen MR) is 68.8 cm³/mol. The highest BCUT2D eigenvalue weighted by molar-refractivity contribution is 5.69.